The van der Waals surface area contributed by atoms with Crippen LogP contribution in [-0.4, -0.2) is 44.4 Å². The average Bonchev–Trinajstić information content (AvgIpc) is 3.31. The Morgan fingerprint density at radius 1 is 0.781 bits per heavy atom. The first-order valence-corrected chi connectivity index (χ1v) is 11.4. The molecule has 6 heteroatoms. The fourth-order valence-electron chi connectivity index (χ4n) is 4.10. The zero-order valence-corrected chi connectivity index (χ0v) is 18.8. The molecule has 0 saturated carbocycles. The van der Waals surface area contributed by atoms with Crippen LogP contribution in [-0.2, 0) is 13.0 Å². The second-order valence-electron chi connectivity index (χ2n) is 8.18. The molecule has 0 radical (unpaired) electrons. The number of benzene rings is 3. The maximum atomic E-state index is 6.00. The van der Waals surface area contributed by atoms with Gasteiger partial charge in [0.15, 0.2) is 11.5 Å². The van der Waals surface area contributed by atoms with E-state index in [1.165, 1.54) is 11.3 Å². The van der Waals surface area contributed by atoms with E-state index >= 15 is 0 Å². The summed E-state index contributed by atoms with van der Waals surface area (Å²) >= 11 is 6.00. The predicted octanol–water partition coefficient (Wildman–Crippen LogP) is 5.01. The Morgan fingerprint density at radius 3 is 2.28 bits per heavy atom. The molecule has 1 fully saturated rings. The molecule has 166 valence electrons. The molecule has 0 amide bonds. The van der Waals surface area contributed by atoms with Crippen molar-refractivity contribution in [3.8, 4) is 17.2 Å². The van der Waals surface area contributed by atoms with Gasteiger partial charge in [-0.05, 0) is 53.9 Å². The van der Waals surface area contributed by atoms with Crippen LogP contribution in [0, 0.1) is 0 Å². The summed E-state index contributed by atoms with van der Waals surface area (Å²) < 4.78 is 16.6. The molecule has 3 aromatic rings. The van der Waals surface area contributed by atoms with E-state index in [0.29, 0.717) is 6.61 Å². The highest BCUT2D eigenvalue weighted by atomic mass is 35.5. The molecular weight excluding hydrogens is 424 g/mol. The van der Waals surface area contributed by atoms with Crippen LogP contribution in [0.3, 0.4) is 0 Å². The third kappa shape index (κ3) is 5.12. The van der Waals surface area contributed by atoms with E-state index in [9.17, 15) is 0 Å². The number of piperazine rings is 1. The van der Waals surface area contributed by atoms with Crippen LogP contribution < -0.4 is 19.1 Å². The Kier molecular flexibility index (Phi) is 6.37. The lowest BCUT2D eigenvalue weighted by Crippen LogP contribution is -2.46. The maximum absolute atomic E-state index is 6.00. The van der Waals surface area contributed by atoms with Crippen molar-refractivity contribution in [2.75, 3.05) is 44.4 Å². The minimum atomic E-state index is 0.276. The third-order valence-corrected chi connectivity index (χ3v) is 6.31. The highest BCUT2D eigenvalue weighted by Crippen LogP contribution is 2.35. The van der Waals surface area contributed by atoms with Crippen molar-refractivity contribution in [2.24, 2.45) is 0 Å². The van der Waals surface area contributed by atoms with Crippen molar-refractivity contribution >= 4 is 17.3 Å². The van der Waals surface area contributed by atoms with Gasteiger partial charge in [0.1, 0.15) is 12.4 Å². The van der Waals surface area contributed by atoms with Gasteiger partial charge in [0, 0.05) is 49.5 Å². The summed E-state index contributed by atoms with van der Waals surface area (Å²) in [7, 11) is 0. The van der Waals surface area contributed by atoms with E-state index in [0.717, 1.165) is 67.0 Å². The van der Waals surface area contributed by atoms with Gasteiger partial charge in [-0.2, -0.15) is 0 Å². The highest BCUT2D eigenvalue weighted by molar-refractivity contribution is 6.30. The molecular formula is C26H27ClN2O3. The third-order valence-electron chi connectivity index (χ3n) is 6.05. The number of nitrogens with zero attached hydrogens (tertiary/aromatic N) is 2. The summed E-state index contributed by atoms with van der Waals surface area (Å²) in [5, 5.41) is 0.790. The molecule has 5 nitrogen and oxygen atoms in total. The van der Waals surface area contributed by atoms with Gasteiger partial charge < -0.3 is 19.1 Å². The summed E-state index contributed by atoms with van der Waals surface area (Å²) in [5.74, 6) is 2.30. The van der Waals surface area contributed by atoms with E-state index in [1.54, 1.807) is 0 Å². The van der Waals surface area contributed by atoms with Crippen molar-refractivity contribution in [1.29, 1.82) is 0 Å². The summed E-state index contributed by atoms with van der Waals surface area (Å²) in [6, 6.07) is 22.5. The van der Waals surface area contributed by atoms with E-state index in [-0.39, 0.29) is 6.79 Å². The standard InChI is InChI=1S/C26H27ClN2O3/c27-22-5-7-23(8-6-22)29-15-13-28(14-16-29)12-11-20-1-3-21(4-2-20)18-30-24-9-10-25-26(17-24)32-19-31-25/h1-10,17H,11-16,18-19H2. The van der Waals surface area contributed by atoms with Crippen molar-refractivity contribution in [3.05, 3.63) is 82.9 Å². The Morgan fingerprint density at radius 2 is 1.50 bits per heavy atom. The zero-order valence-electron chi connectivity index (χ0n) is 18.0. The van der Waals surface area contributed by atoms with E-state index < -0.39 is 0 Å². The number of anilines is 1. The van der Waals surface area contributed by atoms with Crippen molar-refractivity contribution in [3.63, 3.8) is 0 Å². The first-order valence-electron chi connectivity index (χ1n) is 11.1. The molecule has 0 aliphatic carbocycles. The zero-order chi connectivity index (χ0) is 21.8. The molecule has 3 aromatic carbocycles. The topological polar surface area (TPSA) is 34.2 Å². The molecule has 1 saturated heterocycles. The second kappa shape index (κ2) is 9.72. The normalized spacial score (nSPS) is 15.7. The van der Waals surface area contributed by atoms with Gasteiger partial charge >= 0.3 is 0 Å². The fraction of sp³-hybridized carbons (Fsp3) is 0.308. The monoisotopic (exact) mass is 450 g/mol. The van der Waals surface area contributed by atoms with Crippen LogP contribution >= 0.6 is 11.6 Å². The van der Waals surface area contributed by atoms with Crippen LogP contribution in [0.2, 0.25) is 5.02 Å². The lowest BCUT2D eigenvalue weighted by atomic mass is 10.1. The van der Waals surface area contributed by atoms with Gasteiger partial charge in [-0.25, -0.2) is 0 Å². The Hall–Kier alpha value is -2.89. The Bertz CT molecular complexity index is 1030. The molecule has 2 heterocycles. The first-order chi connectivity index (χ1) is 15.7. The highest BCUT2D eigenvalue weighted by Gasteiger charge is 2.17. The molecule has 0 spiro atoms. The summed E-state index contributed by atoms with van der Waals surface area (Å²) in [6.07, 6.45) is 1.06. The molecule has 0 bridgehead atoms. The second-order valence-corrected chi connectivity index (χ2v) is 8.61. The Labute approximate surface area is 194 Å². The van der Waals surface area contributed by atoms with Crippen LogP contribution in [0.15, 0.2) is 66.7 Å². The van der Waals surface area contributed by atoms with Gasteiger partial charge in [0.2, 0.25) is 6.79 Å². The van der Waals surface area contributed by atoms with Crippen LogP contribution in [0.25, 0.3) is 0 Å². The van der Waals surface area contributed by atoms with Gasteiger partial charge in [0.25, 0.3) is 0 Å². The molecule has 0 aromatic heterocycles. The minimum absolute atomic E-state index is 0.276. The average molecular weight is 451 g/mol. The maximum Gasteiger partial charge on any atom is 0.231 e. The number of rotatable bonds is 7. The van der Waals surface area contributed by atoms with E-state index in [2.05, 4.69) is 46.2 Å². The fourth-order valence-corrected chi connectivity index (χ4v) is 4.23. The number of fused-ring (bicyclic) bond motifs is 1. The molecule has 0 unspecified atom stereocenters. The number of hydrogen-bond donors (Lipinski definition) is 0. The van der Waals surface area contributed by atoms with Crippen molar-refractivity contribution < 1.29 is 14.2 Å². The van der Waals surface area contributed by atoms with Gasteiger partial charge in [-0.3, -0.25) is 4.90 Å². The van der Waals surface area contributed by atoms with Crippen LogP contribution in [0.5, 0.6) is 17.2 Å². The van der Waals surface area contributed by atoms with Crippen molar-refractivity contribution in [2.45, 2.75) is 13.0 Å². The Balaban J connectivity index is 1.06. The smallest absolute Gasteiger partial charge is 0.231 e. The van der Waals surface area contributed by atoms with Gasteiger partial charge in [0.05, 0.1) is 0 Å². The van der Waals surface area contributed by atoms with Crippen LogP contribution in [0.4, 0.5) is 5.69 Å². The lowest BCUT2D eigenvalue weighted by Gasteiger charge is -2.36. The SMILES string of the molecule is Clc1ccc(N2CCN(CCc3ccc(COc4ccc5c(c4)OCO5)cc3)CC2)cc1. The largest absolute Gasteiger partial charge is 0.489 e. The van der Waals surface area contributed by atoms with Gasteiger partial charge in [-0.15, -0.1) is 0 Å². The summed E-state index contributed by atoms with van der Waals surface area (Å²) in [4.78, 5) is 4.98. The minimum Gasteiger partial charge on any atom is -0.489 e. The summed E-state index contributed by atoms with van der Waals surface area (Å²) in [5.41, 5.74) is 3.77. The molecule has 32 heavy (non-hydrogen) atoms. The summed E-state index contributed by atoms with van der Waals surface area (Å²) in [6.45, 7) is 6.18. The molecule has 5 rings (SSSR count). The molecule has 0 atom stereocenters. The predicted molar refractivity (Wildman–Crippen MR) is 127 cm³/mol. The first kappa shape index (κ1) is 21.0. The number of hydrogen-bond acceptors (Lipinski definition) is 5. The van der Waals surface area contributed by atoms with Crippen molar-refractivity contribution in [1.82, 2.24) is 4.90 Å². The van der Waals surface area contributed by atoms with E-state index in [4.69, 9.17) is 25.8 Å². The molecule has 2 aliphatic heterocycles. The molecule has 2 aliphatic rings. The van der Waals surface area contributed by atoms with Gasteiger partial charge in [-0.1, -0.05) is 35.9 Å². The van der Waals surface area contributed by atoms with Crippen LogP contribution in [0.1, 0.15) is 11.1 Å². The number of ether oxygens (including phenoxy) is 3. The number of halogens is 1. The molecule has 0 N–H and O–H groups in total. The lowest BCUT2D eigenvalue weighted by molar-refractivity contribution is 0.173. The quantitative estimate of drug-likeness (QED) is 0.505. The van der Waals surface area contributed by atoms with E-state index in [1.807, 2.05) is 30.3 Å².